The first-order valence-corrected chi connectivity index (χ1v) is 29.9. The van der Waals surface area contributed by atoms with E-state index in [-0.39, 0.29) is 43.9 Å². The second-order valence-corrected chi connectivity index (χ2v) is 22.2. The van der Waals surface area contributed by atoms with Crippen LogP contribution in [0.5, 0.6) is 0 Å². The molecule has 476 valence electrons. The van der Waals surface area contributed by atoms with Gasteiger partial charge in [0.05, 0.1) is 70.9 Å². The Morgan fingerprint density at radius 1 is 0.478 bits per heavy atom. The minimum atomic E-state index is -1.13. The first-order chi connectivity index (χ1) is 43.1. The van der Waals surface area contributed by atoms with Gasteiger partial charge >= 0.3 is 17.9 Å². The van der Waals surface area contributed by atoms with Gasteiger partial charge in [0.25, 0.3) is 5.91 Å². The number of carboxylic acids is 3. The lowest BCUT2D eigenvalue weighted by Crippen LogP contribution is -2.38. The van der Waals surface area contributed by atoms with Gasteiger partial charge in [-0.3, -0.25) is 14.4 Å². The monoisotopic (exact) mass is 1330 g/mol. The third-order valence-corrected chi connectivity index (χ3v) is 14.8. The lowest BCUT2D eigenvalue weighted by atomic mass is 10.1. The quantitative estimate of drug-likeness (QED) is 0.0549. The highest BCUT2D eigenvalue weighted by molar-refractivity contribution is 6.34. The van der Waals surface area contributed by atoms with E-state index in [0.717, 1.165) is 46.1 Å². The van der Waals surface area contributed by atoms with Gasteiger partial charge in [0, 0.05) is 123 Å². The fourth-order valence-electron chi connectivity index (χ4n) is 9.26. The molecule has 1 amide bonds. The number of nitrogens with zero attached hydrogens (tertiary/aromatic N) is 7. The van der Waals surface area contributed by atoms with Crippen LogP contribution in [0.4, 0.5) is 28.8 Å². The number of rotatable bonds is 8. The number of H-pyrrole nitrogens is 2. The van der Waals surface area contributed by atoms with Gasteiger partial charge in [-0.1, -0.05) is 58.0 Å². The van der Waals surface area contributed by atoms with Crippen LogP contribution < -0.4 is 36.9 Å². The van der Waals surface area contributed by atoms with Gasteiger partial charge in [-0.15, -0.1) is 0 Å². The molecule has 90 heavy (non-hydrogen) atoms. The number of halogens is 5. The van der Waals surface area contributed by atoms with Gasteiger partial charge in [0.15, 0.2) is 0 Å². The number of anilines is 5. The predicted molar refractivity (Wildman–Crippen MR) is 348 cm³/mol. The second kappa shape index (κ2) is 34.1. The van der Waals surface area contributed by atoms with Crippen LogP contribution in [0.1, 0.15) is 71.8 Å². The number of aryl methyl sites for hydroxylation is 2. The number of amides is 1. The molecule has 8 N–H and O–H groups in total. The topological polar surface area (TPSA) is 331 Å². The highest BCUT2D eigenvalue weighted by atomic mass is 35.5. The Morgan fingerprint density at radius 2 is 0.844 bits per heavy atom. The van der Waals surface area contributed by atoms with Crippen LogP contribution >= 0.6 is 58.0 Å². The van der Waals surface area contributed by atoms with E-state index in [0.29, 0.717) is 128 Å². The maximum absolute atomic E-state index is 13.0. The number of nitrogen functional groups attached to an aromatic ring is 1. The molecule has 12 rings (SSSR count). The zero-order valence-corrected chi connectivity index (χ0v) is 52.6. The fraction of sp³-hybridized carbons (Fsp3) is 0.311. The van der Waals surface area contributed by atoms with Crippen LogP contribution in [0.25, 0.3) is 21.8 Å². The number of carboxylic acid groups (broad SMARTS) is 3. The number of aromatic carboxylic acids is 3. The molecule has 4 aliphatic heterocycles. The van der Waals surface area contributed by atoms with E-state index in [4.69, 9.17) is 98.0 Å². The number of aromatic nitrogens is 6. The van der Waals surface area contributed by atoms with E-state index in [1.165, 1.54) is 62.1 Å². The molecule has 2 aromatic carbocycles. The Labute approximate surface area is 540 Å². The summed E-state index contributed by atoms with van der Waals surface area (Å²) in [7, 11) is 0. The summed E-state index contributed by atoms with van der Waals surface area (Å²) in [5, 5.41) is 32.7. The molecule has 10 heterocycles. The van der Waals surface area contributed by atoms with Crippen LogP contribution in [-0.4, -0.2) is 161 Å². The molecule has 4 aliphatic rings. The molecule has 24 nitrogen and oxygen atoms in total. The minimum Gasteiger partial charge on any atom is -0.478 e. The molecule has 6 aromatic heterocycles. The highest BCUT2D eigenvalue weighted by Gasteiger charge is 2.24. The second-order valence-electron chi connectivity index (χ2n) is 20.1. The molecule has 0 bridgehead atoms. The molecule has 29 heteroatoms. The summed E-state index contributed by atoms with van der Waals surface area (Å²) in [6.45, 7) is 13.2. The van der Waals surface area contributed by atoms with E-state index in [1.54, 1.807) is 36.5 Å². The Hall–Kier alpha value is -8.17. The predicted octanol–water partition coefficient (Wildman–Crippen LogP) is 10.2. The molecule has 0 spiro atoms. The van der Waals surface area contributed by atoms with E-state index in [1.807, 2.05) is 46.7 Å². The van der Waals surface area contributed by atoms with E-state index in [9.17, 15) is 28.8 Å². The van der Waals surface area contributed by atoms with Crippen LogP contribution in [0, 0.1) is 13.8 Å². The van der Waals surface area contributed by atoms with Crippen LogP contribution in [0.15, 0.2) is 107 Å². The number of hydrogen-bond donors (Lipinski definition) is 7. The smallest absolute Gasteiger partial charge is 0.339 e. The van der Waals surface area contributed by atoms with Crippen molar-refractivity contribution < 1.29 is 53.4 Å². The highest BCUT2D eigenvalue weighted by Crippen LogP contribution is 2.27. The molecule has 0 radical (unpaired) electrons. The van der Waals surface area contributed by atoms with Gasteiger partial charge in [-0.05, 0) is 105 Å². The van der Waals surface area contributed by atoms with Crippen molar-refractivity contribution in [1.82, 2.24) is 29.9 Å². The summed E-state index contributed by atoms with van der Waals surface area (Å²) < 4.78 is 20.9. The summed E-state index contributed by atoms with van der Waals surface area (Å²) in [5.74, 6) is -1.96. The molecular formula is C61H64Cl5N11O13. The van der Waals surface area contributed by atoms with Crippen molar-refractivity contribution in [2.24, 2.45) is 0 Å². The Bertz CT molecular complexity index is 3840. The lowest BCUT2D eigenvalue weighted by Gasteiger charge is -2.29. The minimum absolute atomic E-state index is 0.0538. The van der Waals surface area contributed by atoms with Crippen molar-refractivity contribution in [1.29, 1.82) is 0 Å². The van der Waals surface area contributed by atoms with Crippen molar-refractivity contribution in [2.45, 2.75) is 33.1 Å². The van der Waals surface area contributed by atoms with E-state index in [2.05, 4.69) is 35.2 Å². The Balaban J connectivity index is 0.000000162. The normalized spacial score (nSPS) is 14.5. The molecule has 0 unspecified atom stereocenters. The summed E-state index contributed by atoms with van der Waals surface area (Å²) in [6.07, 6.45) is 9.67. The van der Waals surface area contributed by atoms with Crippen molar-refractivity contribution in [3.8, 4) is 0 Å². The van der Waals surface area contributed by atoms with Crippen LogP contribution in [-0.2, 0) is 18.9 Å². The average Bonchev–Trinajstić information content (AvgIpc) is 2.05. The number of aromatic amines is 2. The number of nitrogens with two attached hydrogens (primary N) is 1. The molecule has 0 atom stereocenters. The number of pyridine rings is 6. The Morgan fingerprint density at radius 3 is 1.23 bits per heavy atom. The summed E-state index contributed by atoms with van der Waals surface area (Å²) in [6, 6.07) is 19.6. The molecule has 8 aromatic rings. The van der Waals surface area contributed by atoms with Crippen molar-refractivity contribution in [3.05, 3.63) is 177 Å². The number of morpholine rings is 3. The van der Waals surface area contributed by atoms with Gasteiger partial charge in [-0.2, -0.15) is 0 Å². The number of ether oxygens (including phenoxy) is 4. The largest absolute Gasteiger partial charge is 0.478 e. The maximum atomic E-state index is 13.0. The number of hydrogen-bond acceptors (Lipinski definition) is 18. The number of carbonyl (C=O) groups excluding carboxylic acids is 1. The number of nitrogens with one attached hydrogen (secondary N) is 3. The van der Waals surface area contributed by atoms with Crippen LogP contribution in [0.2, 0.25) is 25.2 Å². The number of benzene rings is 2. The molecule has 4 fully saturated rings. The van der Waals surface area contributed by atoms with Crippen molar-refractivity contribution in [2.75, 3.05) is 118 Å². The Kier molecular flexibility index (Phi) is 26.3. The van der Waals surface area contributed by atoms with Gasteiger partial charge in [0.1, 0.15) is 33.7 Å². The zero-order chi connectivity index (χ0) is 64.9. The standard InChI is InChI=1S/C20H19ClN4O3.2C10H11ClN2O3.C10H10N2O.C6H3Cl2NO2.C5H10O/c1-12-8-18(26)24-17-3-2-14(10-15(12)17)23-20(27)16-9-13(21)11-22-19(16)25-4-6-28-7-5-25;2*11-7-5-8(10(14)15)9(12-6-7)13-1-3-16-4-2-13;1-6-4-10(13)12-9-3-2-7(11)5-8(6)9;7-3-1-4(6(10)11)5(8)9-2-3;1-2-4-6-5-3-1/h2-3,8-11H,4-7H2,1H3,(H,23,27)(H,24,26);2*5-6H,1-4H2,(H,14,15);2-5H,11H2,1H3,(H,12,13);1-2H,(H,10,11);1-5H2. The third-order valence-electron chi connectivity index (χ3n) is 13.6. The lowest BCUT2D eigenvalue weighted by molar-refractivity contribution is 0.0685. The first-order valence-electron chi connectivity index (χ1n) is 28.0. The van der Waals surface area contributed by atoms with Crippen molar-refractivity contribution in [3.63, 3.8) is 0 Å². The van der Waals surface area contributed by atoms with Gasteiger partial charge in [0.2, 0.25) is 11.1 Å². The average molecular weight is 1340 g/mol. The number of carbonyl (C=O) groups is 4. The van der Waals surface area contributed by atoms with Crippen LogP contribution in [0.3, 0.4) is 0 Å². The maximum Gasteiger partial charge on any atom is 0.339 e. The van der Waals surface area contributed by atoms with Gasteiger partial charge in [-0.25, -0.2) is 34.3 Å². The van der Waals surface area contributed by atoms with E-state index < -0.39 is 17.9 Å². The molecule has 0 saturated carbocycles. The summed E-state index contributed by atoms with van der Waals surface area (Å²) in [5.41, 5.74) is 10.7. The zero-order valence-electron chi connectivity index (χ0n) is 48.8. The third kappa shape index (κ3) is 20.4. The summed E-state index contributed by atoms with van der Waals surface area (Å²) >= 11 is 28.5. The van der Waals surface area contributed by atoms with Gasteiger partial charge < -0.3 is 70.0 Å². The fourth-order valence-corrected chi connectivity index (χ4v) is 10.1. The first kappa shape index (κ1) is 69.3. The SMILES string of the molecule is C1CCOCC1.Cc1cc(=O)[nH]c2ccc(N)cc12.Cc1cc(=O)[nH]c2ccc(NC(=O)c3cc(Cl)cnc3N3CCOCC3)cc12.O=C(O)c1cc(Cl)cnc1Cl.O=C(O)c1cc(Cl)cnc1N1CCOCC1.O=C(O)c1cc(Cl)cnc1N1CCOCC1. The summed E-state index contributed by atoms with van der Waals surface area (Å²) in [4.78, 5) is 95.6. The van der Waals surface area contributed by atoms with Crippen molar-refractivity contribution >= 4 is 132 Å². The van der Waals surface area contributed by atoms with E-state index >= 15 is 0 Å². The number of fused-ring (bicyclic) bond motifs is 2. The molecular weight excluding hydrogens is 1270 g/mol. The molecule has 4 saturated heterocycles. The molecule has 0 aliphatic carbocycles.